The molecule has 1 amide bonds. The Hall–Kier alpha value is -1.18. The molecule has 0 bridgehead atoms. The van der Waals surface area contributed by atoms with E-state index in [0.717, 1.165) is 40.1 Å². The molecule has 8 heteroatoms. The van der Waals surface area contributed by atoms with Crippen molar-refractivity contribution < 1.29 is 9.53 Å². The Balaban J connectivity index is 1.67. The van der Waals surface area contributed by atoms with Gasteiger partial charge in [-0.25, -0.2) is 4.98 Å². The number of thiazole rings is 1. The maximum Gasteiger partial charge on any atom is 0.234 e. The Morgan fingerprint density at radius 2 is 2.15 bits per heavy atom. The van der Waals surface area contributed by atoms with Gasteiger partial charge in [-0.2, -0.15) is 0 Å². The van der Waals surface area contributed by atoms with Crippen LogP contribution in [0.2, 0.25) is 9.36 Å². The molecule has 1 aliphatic rings. The van der Waals surface area contributed by atoms with Crippen molar-refractivity contribution in [1.82, 2.24) is 4.98 Å². The van der Waals surface area contributed by atoms with E-state index in [1.807, 2.05) is 31.2 Å². The zero-order valence-corrected chi connectivity index (χ0v) is 17.9. The Morgan fingerprint density at radius 1 is 1.30 bits per heavy atom. The fourth-order valence-electron chi connectivity index (χ4n) is 3.18. The van der Waals surface area contributed by atoms with E-state index in [1.165, 1.54) is 22.7 Å². The van der Waals surface area contributed by atoms with Crippen LogP contribution in [0, 0.1) is 6.92 Å². The topological polar surface area (TPSA) is 42.4 Å². The van der Waals surface area contributed by atoms with E-state index in [0.29, 0.717) is 27.5 Å². The number of hydrogen-bond acceptors (Lipinski definition) is 5. The van der Waals surface area contributed by atoms with E-state index in [9.17, 15) is 4.79 Å². The predicted octanol–water partition coefficient (Wildman–Crippen LogP) is 5.73. The van der Waals surface area contributed by atoms with E-state index >= 15 is 0 Å². The summed E-state index contributed by atoms with van der Waals surface area (Å²) in [7, 11) is 0. The monoisotopic (exact) mass is 440 g/mol. The van der Waals surface area contributed by atoms with Gasteiger partial charge in [0.25, 0.3) is 0 Å². The Morgan fingerprint density at radius 3 is 2.81 bits per heavy atom. The van der Waals surface area contributed by atoms with Crippen molar-refractivity contribution in [2.75, 3.05) is 18.1 Å². The first-order valence-electron chi connectivity index (χ1n) is 8.73. The van der Waals surface area contributed by atoms with Crippen LogP contribution in [-0.2, 0) is 16.0 Å². The van der Waals surface area contributed by atoms with E-state index in [4.69, 9.17) is 32.9 Å². The molecule has 2 aromatic heterocycles. The minimum absolute atomic E-state index is 0.00292. The summed E-state index contributed by atoms with van der Waals surface area (Å²) in [5.74, 6) is -0.00292. The second kappa shape index (κ2) is 8.05. The second-order valence-corrected chi connectivity index (χ2v) is 9.74. The van der Waals surface area contributed by atoms with Gasteiger partial charge in [-0.1, -0.05) is 40.6 Å². The van der Waals surface area contributed by atoms with Crippen LogP contribution in [0.15, 0.2) is 24.3 Å². The van der Waals surface area contributed by atoms with E-state index in [-0.39, 0.29) is 12.0 Å². The Bertz CT molecular complexity index is 940. The lowest BCUT2D eigenvalue weighted by atomic mass is 10.2. The number of aryl methyl sites for hydroxylation is 1. The fourth-order valence-corrected chi connectivity index (χ4v) is 5.60. The van der Waals surface area contributed by atoms with Gasteiger partial charge in [0.05, 0.1) is 38.6 Å². The molecule has 142 valence electrons. The molecule has 1 aromatic carbocycles. The summed E-state index contributed by atoms with van der Waals surface area (Å²) >= 11 is 15.3. The molecule has 0 saturated carbocycles. The second-order valence-electron chi connectivity index (χ2n) is 6.56. The Labute approximate surface area is 175 Å². The number of fused-ring (bicyclic) bond motifs is 1. The van der Waals surface area contributed by atoms with Gasteiger partial charge in [-0.15, -0.1) is 11.3 Å². The highest BCUT2D eigenvalue weighted by atomic mass is 35.5. The van der Waals surface area contributed by atoms with Gasteiger partial charge in [0.1, 0.15) is 0 Å². The molecule has 1 unspecified atom stereocenters. The normalized spacial score (nSPS) is 16.9. The lowest BCUT2D eigenvalue weighted by molar-refractivity contribution is -0.118. The minimum Gasteiger partial charge on any atom is -0.376 e. The molecule has 0 aliphatic carbocycles. The third kappa shape index (κ3) is 4.15. The summed E-state index contributed by atoms with van der Waals surface area (Å²) in [6, 6.07) is 7.55. The molecule has 1 atom stereocenters. The van der Waals surface area contributed by atoms with Gasteiger partial charge in [0.2, 0.25) is 5.91 Å². The molecule has 1 fully saturated rings. The van der Waals surface area contributed by atoms with Gasteiger partial charge in [-0.3, -0.25) is 9.69 Å². The molecule has 0 spiro atoms. The quantitative estimate of drug-likeness (QED) is 0.508. The maximum atomic E-state index is 13.1. The molecule has 27 heavy (non-hydrogen) atoms. The highest BCUT2D eigenvalue weighted by Gasteiger charge is 2.27. The van der Waals surface area contributed by atoms with Crippen LogP contribution in [0.4, 0.5) is 5.13 Å². The van der Waals surface area contributed by atoms with Gasteiger partial charge in [0.15, 0.2) is 5.13 Å². The third-order valence-electron chi connectivity index (χ3n) is 4.58. The SMILES string of the molecule is Cc1ccc(Cl)c2sc(N(CC3CCCO3)C(=O)Cc3ccc(Cl)s3)nc12. The smallest absolute Gasteiger partial charge is 0.234 e. The molecule has 3 heterocycles. The summed E-state index contributed by atoms with van der Waals surface area (Å²) in [5.41, 5.74) is 1.90. The number of benzene rings is 1. The molecule has 4 rings (SSSR count). The van der Waals surface area contributed by atoms with Crippen molar-refractivity contribution in [1.29, 1.82) is 0 Å². The number of thiophene rings is 1. The number of hydrogen-bond donors (Lipinski definition) is 0. The number of ether oxygens (including phenoxy) is 1. The first-order chi connectivity index (χ1) is 13.0. The number of carbonyl (C=O) groups is 1. The molecule has 1 aliphatic heterocycles. The van der Waals surface area contributed by atoms with Gasteiger partial charge in [0, 0.05) is 11.5 Å². The number of aromatic nitrogens is 1. The zero-order chi connectivity index (χ0) is 19.0. The molecular weight excluding hydrogens is 423 g/mol. The molecule has 0 N–H and O–H groups in total. The third-order valence-corrected chi connectivity index (χ3v) is 7.35. The molecule has 3 aromatic rings. The maximum absolute atomic E-state index is 13.1. The minimum atomic E-state index is -0.00292. The summed E-state index contributed by atoms with van der Waals surface area (Å²) in [5, 5.41) is 1.33. The molecular formula is C19H18Cl2N2O2S2. The van der Waals surface area contributed by atoms with Crippen LogP contribution in [0.5, 0.6) is 0 Å². The number of amides is 1. The predicted molar refractivity (Wildman–Crippen MR) is 114 cm³/mol. The first kappa shape index (κ1) is 19.2. The lowest BCUT2D eigenvalue weighted by Crippen LogP contribution is -2.38. The van der Waals surface area contributed by atoms with Crippen LogP contribution >= 0.6 is 45.9 Å². The zero-order valence-electron chi connectivity index (χ0n) is 14.7. The van der Waals surface area contributed by atoms with Crippen LogP contribution in [0.1, 0.15) is 23.3 Å². The number of halogens is 2. The molecule has 0 radical (unpaired) electrons. The largest absolute Gasteiger partial charge is 0.376 e. The number of anilines is 1. The van der Waals surface area contributed by atoms with Crippen molar-refractivity contribution in [2.24, 2.45) is 0 Å². The lowest BCUT2D eigenvalue weighted by Gasteiger charge is -2.22. The summed E-state index contributed by atoms with van der Waals surface area (Å²) in [4.78, 5) is 20.6. The van der Waals surface area contributed by atoms with Gasteiger partial charge in [-0.05, 0) is 43.5 Å². The Kier molecular flexibility index (Phi) is 5.71. The van der Waals surface area contributed by atoms with Crippen LogP contribution in [0.3, 0.4) is 0 Å². The van der Waals surface area contributed by atoms with E-state index in [1.54, 1.807) is 4.90 Å². The van der Waals surface area contributed by atoms with Gasteiger partial charge < -0.3 is 4.74 Å². The van der Waals surface area contributed by atoms with Crippen molar-refractivity contribution in [3.63, 3.8) is 0 Å². The average molecular weight is 441 g/mol. The first-order valence-corrected chi connectivity index (χ1v) is 11.1. The molecule has 4 nitrogen and oxygen atoms in total. The number of rotatable bonds is 5. The van der Waals surface area contributed by atoms with E-state index in [2.05, 4.69) is 0 Å². The van der Waals surface area contributed by atoms with Gasteiger partial charge >= 0.3 is 0 Å². The van der Waals surface area contributed by atoms with E-state index < -0.39 is 0 Å². The number of nitrogens with zero attached hydrogens (tertiary/aromatic N) is 2. The van der Waals surface area contributed by atoms with Crippen LogP contribution < -0.4 is 4.90 Å². The van der Waals surface area contributed by atoms with Crippen molar-refractivity contribution in [3.05, 3.63) is 44.1 Å². The standard InChI is InChI=1S/C19H18Cl2N2O2S2/c1-11-4-6-14(20)18-17(11)22-19(27-18)23(10-12-3-2-8-25-12)16(24)9-13-5-7-15(21)26-13/h4-7,12H,2-3,8-10H2,1H3. The summed E-state index contributed by atoms with van der Waals surface area (Å²) < 4.78 is 7.37. The van der Waals surface area contributed by atoms with Crippen molar-refractivity contribution >= 4 is 67.1 Å². The van der Waals surface area contributed by atoms with Crippen molar-refractivity contribution in [2.45, 2.75) is 32.3 Å². The molecule has 1 saturated heterocycles. The fraction of sp³-hybridized carbons (Fsp3) is 0.368. The summed E-state index contributed by atoms with van der Waals surface area (Å²) in [6.45, 7) is 3.26. The van der Waals surface area contributed by atoms with Crippen molar-refractivity contribution in [3.8, 4) is 0 Å². The van der Waals surface area contributed by atoms with Crippen LogP contribution in [0.25, 0.3) is 10.2 Å². The summed E-state index contributed by atoms with van der Waals surface area (Å²) in [6.07, 6.45) is 2.33. The average Bonchev–Trinajstić information content (AvgIpc) is 3.37. The number of carbonyl (C=O) groups excluding carboxylic acids is 1. The van der Waals surface area contributed by atoms with Crippen LogP contribution in [-0.4, -0.2) is 30.1 Å². The highest BCUT2D eigenvalue weighted by Crippen LogP contribution is 2.36. The highest BCUT2D eigenvalue weighted by molar-refractivity contribution is 7.23.